The molecule has 0 amide bonds. The van der Waals surface area contributed by atoms with E-state index in [4.69, 9.17) is 0 Å². The lowest BCUT2D eigenvalue weighted by molar-refractivity contribution is 0.129. The maximum Gasteiger partial charge on any atom is 0.0892 e. The minimum Gasteiger partial charge on any atom is -0.360 e. The molecule has 1 rings (SSSR count). The maximum atomic E-state index is 3.75. The van der Waals surface area contributed by atoms with Crippen LogP contribution in [0.3, 0.4) is 0 Å². The topological polar surface area (TPSA) is 6.48 Å². The van der Waals surface area contributed by atoms with Crippen molar-refractivity contribution in [3.8, 4) is 0 Å². The smallest absolute Gasteiger partial charge is 0.0892 e. The molecule has 11 heavy (non-hydrogen) atoms. The van der Waals surface area contributed by atoms with Gasteiger partial charge in [0.1, 0.15) is 0 Å². The van der Waals surface area contributed by atoms with Crippen LogP contribution in [0.15, 0.2) is 25.6 Å². The van der Waals surface area contributed by atoms with Crippen molar-refractivity contribution in [1.29, 1.82) is 0 Å². The molecule has 0 aromatic carbocycles. The highest BCUT2D eigenvalue weighted by Gasteiger charge is 2.16. The van der Waals surface area contributed by atoms with Gasteiger partial charge in [-0.15, -0.1) is 0 Å². The molecule has 2 heteroatoms. The van der Waals surface area contributed by atoms with Gasteiger partial charge in [-0.25, -0.2) is 0 Å². The average molecular weight is 152 g/mol. The first kappa shape index (κ1) is 8.18. The van der Waals surface area contributed by atoms with Gasteiger partial charge >= 0.3 is 0 Å². The largest absolute Gasteiger partial charge is 0.360 e. The monoisotopic (exact) mass is 152 g/mol. The summed E-state index contributed by atoms with van der Waals surface area (Å²) >= 11 is 0. The van der Waals surface area contributed by atoms with E-state index in [1.54, 1.807) is 0 Å². The van der Waals surface area contributed by atoms with E-state index in [2.05, 4.69) is 29.9 Å². The number of hydrogen-bond donors (Lipinski definition) is 0. The fraction of sp³-hybridized carbons (Fsp3) is 0.556. The van der Waals surface area contributed by atoms with Crippen LogP contribution in [-0.2, 0) is 0 Å². The quantitative estimate of drug-likeness (QED) is 0.591. The van der Waals surface area contributed by atoms with Gasteiger partial charge in [0.15, 0.2) is 0 Å². The molecule has 0 aromatic rings. The van der Waals surface area contributed by atoms with Crippen LogP contribution in [0.1, 0.15) is 6.92 Å². The molecule has 1 fully saturated rings. The summed E-state index contributed by atoms with van der Waals surface area (Å²) in [6.45, 7) is 12.9. The molecule has 0 atom stereocenters. The van der Waals surface area contributed by atoms with Gasteiger partial charge in [0.05, 0.1) is 6.67 Å². The lowest BCUT2D eigenvalue weighted by Crippen LogP contribution is -2.43. The van der Waals surface area contributed by atoms with Gasteiger partial charge in [-0.1, -0.05) is 20.1 Å². The maximum absolute atomic E-state index is 3.75. The SMILES string of the molecule is C=CN1CC(C)CN(C=C)C1. The van der Waals surface area contributed by atoms with E-state index in [9.17, 15) is 0 Å². The molecule has 62 valence electrons. The Labute approximate surface area is 68.8 Å². The minimum atomic E-state index is 0.708. The summed E-state index contributed by atoms with van der Waals surface area (Å²) in [6, 6.07) is 0. The Morgan fingerprint density at radius 2 is 1.64 bits per heavy atom. The summed E-state index contributed by atoms with van der Waals surface area (Å²) in [5, 5.41) is 0. The Morgan fingerprint density at radius 3 is 2.00 bits per heavy atom. The molecule has 0 spiro atoms. The zero-order valence-corrected chi connectivity index (χ0v) is 7.16. The van der Waals surface area contributed by atoms with Crippen LogP contribution in [0.25, 0.3) is 0 Å². The van der Waals surface area contributed by atoms with Crippen molar-refractivity contribution in [2.45, 2.75) is 6.92 Å². The summed E-state index contributed by atoms with van der Waals surface area (Å²) in [7, 11) is 0. The first-order valence-electron chi connectivity index (χ1n) is 3.99. The summed E-state index contributed by atoms with van der Waals surface area (Å²) in [4.78, 5) is 4.41. The first-order valence-corrected chi connectivity index (χ1v) is 3.99. The highest BCUT2D eigenvalue weighted by molar-refractivity contribution is 4.83. The summed E-state index contributed by atoms with van der Waals surface area (Å²) in [5.74, 6) is 0.708. The standard InChI is InChI=1S/C9H16N2/c1-4-10-6-9(3)7-11(5-2)8-10/h4-5,9H,1-2,6-8H2,3H3. The Kier molecular flexibility index (Phi) is 2.58. The van der Waals surface area contributed by atoms with Crippen molar-refractivity contribution in [3.63, 3.8) is 0 Å². The fourth-order valence-electron chi connectivity index (χ4n) is 1.47. The van der Waals surface area contributed by atoms with E-state index in [-0.39, 0.29) is 0 Å². The molecule has 0 saturated carbocycles. The van der Waals surface area contributed by atoms with Crippen LogP contribution >= 0.6 is 0 Å². The number of nitrogens with zero attached hydrogens (tertiary/aromatic N) is 2. The Hall–Kier alpha value is -0.920. The van der Waals surface area contributed by atoms with E-state index >= 15 is 0 Å². The van der Waals surface area contributed by atoms with Gasteiger partial charge < -0.3 is 9.80 Å². The number of rotatable bonds is 2. The Balaban J connectivity index is 2.49. The van der Waals surface area contributed by atoms with E-state index in [0.717, 1.165) is 19.8 Å². The normalized spacial score (nSPS) is 20.1. The molecule has 0 bridgehead atoms. The fourth-order valence-corrected chi connectivity index (χ4v) is 1.47. The third-order valence-electron chi connectivity index (χ3n) is 1.97. The lowest BCUT2D eigenvalue weighted by Gasteiger charge is -2.37. The third-order valence-corrected chi connectivity index (χ3v) is 1.97. The molecule has 2 nitrogen and oxygen atoms in total. The van der Waals surface area contributed by atoms with Gasteiger partial charge in [-0.3, -0.25) is 0 Å². The lowest BCUT2D eigenvalue weighted by atomic mass is 10.1. The molecular formula is C9H16N2. The van der Waals surface area contributed by atoms with E-state index < -0.39 is 0 Å². The van der Waals surface area contributed by atoms with E-state index in [0.29, 0.717) is 5.92 Å². The molecule has 1 saturated heterocycles. The van der Waals surface area contributed by atoms with Gasteiger partial charge in [0.2, 0.25) is 0 Å². The second kappa shape index (κ2) is 3.46. The van der Waals surface area contributed by atoms with Crippen molar-refractivity contribution in [2.24, 2.45) is 5.92 Å². The van der Waals surface area contributed by atoms with Crippen molar-refractivity contribution in [1.82, 2.24) is 9.80 Å². The number of hydrogen-bond acceptors (Lipinski definition) is 2. The van der Waals surface area contributed by atoms with Crippen LogP contribution in [-0.4, -0.2) is 29.6 Å². The summed E-state index contributed by atoms with van der Waals surface area (Å²) in [5.41, 5.74) is 0. The second-order valence-electron chi connectivity index (χ2n) is 3.15. The predicted octanol–water partition coefficient (Wildman–Crippen LogP) is 1.48. The Bertz CT molecular complexity index is 138. The molecular weight excluding hydrogens is 136 g/mol. The molecule has 0 aliphatic carbocycles. The van der Waals surface area contributed by atoms with Crippen LogP contribution in [0.5, 0.6) is 0 Å². The van der Waals surface area contributed by atoms with Crippen LogP contribution in [0.4, 0.5) is 0 Å². The molecule has 0 radical (unpaired) electrons. The zero-order chi connectivity index (χ0) is 8.27. The van der Waals surface area contributed by atoms with Crippen molar-refractivity contribution >= 4 is 0 Å². The molecule has 1 aliphatic rings. The van der Waals surface area contributed by atoms with Gasteiger partial charge in [0.25, 0.3) is 0 Å². The van der Waals surface area contributed by atoms with E-state index in [1.165, 1.54) is 0 Å². The van der Waals surface area contributed by atoms with Gasteiger partial charge in [0, 0.05) is 13.1 Å². The zero-order valence-electron chi connectivity index (χ0n) is 7.16. The van der Waals surface area contributed by atoms with Crippen LogP contribution in [0.2, 0.25) is 0 Å². The molecule has 0 aromatic heterocycles. The average Bonchev–Trinajstić information content (AvgIpc) is 2.03. The highest BCUT2D eigenvalue weighted by Crippen LogP contribution is 2.11. The van der Waals surface area contributed by atoms with Gasteiger partial charge in [-0.2, -0.15) is 0 Å². The molecule has 1 heterocycles. The van der Waals surface area contributed by atoms with Gasteiger partial charge in [-0.05, 0) is 18.3 Å². The van der Waals surface area contributed by atoms with Crippen LogP contribution < -0.4 is 0 Å². The van der Waals surface area contributed by atoms with Crippen LogP contribution in [0, 0.1) is 5.92 Å². The van der Waals surface area contributed by atoms with Crippen molar-refractivity contribution in [3.05, 3.63) is 25.6 Å². The van der Waals surface area contributed by atoms with Crippen molar-refractivity contribution < 1.29 is 0 Å². The molecule has 0 unspecified atom stereocenters. The van der Waals surface area contributed by atoms with E-state index in [1.807, 2.05) is 12.4 Å². The second-order valence-corrected chi connectivity index (χ2v) is 3.15. The molecule has 1 aliphatic heterocycles. The van der Waals surface area contributed by atoms with Crippen molar-refractivity contribution in [2.75, 3.05) is 19.8 Å². The third kappa shape index (κ3) is 2.00. The highest BCUT2D eigenvalue weighted by atomic mass is 15.3. The Morgan fingerprint density at radius 1 is 1.18 bits per heavy atom. The molecule has 0 N–H and O–H groups in total. The summed E-state index contributed by atoms with van der Waals surface area (Å²) < 4.78 is 0. The predicted molar refractivity (Wildman–Crippen MR) is 47.8 cm³/mol. The first-order chi connectivity index (χ1) is 5.26. The summed E-state index contributed by atoms with van der Waals surface area (Å²) in [6.07, 6.45) is 3.79. The minimum absolute atomic E-state index is 0.708.